The van der Waals surface area contributed by atoms with E-state index >= 15 is 0 Å². The van der Waals surface area contributed by atoms with Crippen LogP contribution in [0.25, 0.3) is 0 Å². The molecule has 5 nitrogen and oxygen atoms in total. The Bertz CT molecular complexity index is 513. The highest BCUT2D eigenvalue weighted by Crippen LogP contribution is 2.27. The van der Waals surface area contributed by atoms with Gasteiger partial charge in [0.15, 0.2) is 0 Å². The highest BCUT2D eigenvalue weighted by atomic mass is 35.5. The molecule has 1 unspecified atom stereocenters. The zero-order valence-corrected chi connectivity index (χ0v) is 13.6. The number of aliphatic carboxylic acids is 1. The summed E-state index contributed by atoms with van der Waals surface area (Å²) in [6.07, 6.45) is 0. The van der Waals surface area contributed by atoms with Crippen molar-refractivity contribution in [2.45, 2.75) is 13.0 Å². The SMILES string of the molecule is CC(=O)NC(CSCCOc1ccc(Cl)cc1Cl)C(=O)O. The lowest BCUT2D eigenvalue weighted by atomic mass is 10.3. The van der Waals surface area contributed by atoms with Crippen LogP contribution in [0, 0.1) is 0 Å². The van der Waals surface area contributed by atoms with E-state index in [1.54, 1.807) is 18.2 Å². The van der Waals surface area contributed by atoms with Gasteiger partial charge in [0.05, 0.1) is 11.6 Å². The predicted octanol–water partition coefficient (Wildman–Crippen LogP) is 2.69. The number of thioether (sulfide) groups is 1. The van der Waals surface area contributed by atoms with Gasteiger partial charge in [0, 0.05) is 23.5 Å². The third-order valence-corrected chi connectivity index (χ3v) is 3.89. The topological polar surface area (TPSA) is 75.6 Å². The van der Waals surface area contributed by atoms with Gasteiger partial charge in [-0.3, -0.25) is 4.79 Å². The van der Waals surface area contributed by atoms with Crippen LogP contribution in [0.15, 0.2) is 18.2 Å². The minimum absolute atomic E-state index is 0.270. The van der Waals surface area contributed by atoms with Crippen molar-refractivity contribution in [3.63, 3.8) is 0 Å². The fourth-order valence-electron chi connectivity index (χ4n) is 1.42. The number of halogens is 2. The van der Waals surface area contributed by atoms with Gasteiger partial charge in [0.1, 0.15) is 11.8 Å². The molecule has 21 heavy (non-hydrogen) atoms. The molecule has 0 aliphatic heterocycles. The molecular formula is C13H15Cl2NO4S. The van der Waals surface area contributed by atoms with Crippen molar-refractivity contribution in [1.29, 1.82) is 0 Å². The first-order chi connectivity index (χ1) is 9.90. The second kappa shape index (κ2) is 9.02. The molecule has 1 atom stereocenters. The van der Waals surface area contributed by atoms with Crippen molar-refractivity contribution >= 4 is 46.8 Å². The van der Waals surface area contributed by atoms with Crippen molar-refractivity contribution < 1.29 is 19.4 Å². The maximum atomic E-state index is 10.9. The molecule has 1 aromatic carbocycles. The Morgan fingerprint density at radius 1 is 1.43 bits per heavy atom. The summed E-state index contributed by atoms with van der Waals surface area (Å²) in [5.74, 6) is -0.0561. The standard InChI is InChI=1S/C13H15Cl2NO4S/c1-8(17)16-11(13(18)19)7-21-5-4-20-12-3-2-9(14)6-10(12)15/h2-3,6,11H,4-5,7H2,1H3,(H,16,17)(H,18,19). The Morgan fingerprint density at radius 3 is 2.71 bits per heavy atom. The average Bonchev–Trinajstić information content (AvgIpc) is 2.38. The second-order valence-corrected chi connectivity index (χ2v) is 6.08. The molecule has 0 heterocycles. The minimum Gasteiger partial charge on any atom is -0.491 e. The zero-order chi connectivity index (χ0) is 15.8. The lowest BCUT2D eigenvalue weighted by Crippen LogP contribution is -2.41. The normalized spacial score (nSPS) is 11.8. The summed E-state index contributed by atoms with van der Waals surface area (Å²) in [6, 6.07) is 4.04. The zero-order valence-electron chi connectivity index (χ0n) is 11.3. The number of ether oxygens (including phenoxy) is 1. The van der Waals surface area contributed by atoms with Crippen molar-refractivity contribution in [2.24, 2.45) is 0 Å². The molecule has 2 N–H and O–H groups in total. The number of carbonyl (C=O) groups excluding carboxylic acids is 1. The van der Waals surface area contributed by atoms with E-state index in [2.05, 4.69) is 5.32 Å². The van der Waals surface area contributed by atoms with Crippen LogP contribution < -0.4 is 10.1 Å². The summed E-state index contributed by atoms with van der Waals surface area (Å²) in [5, 5.41) is 12.3. The van der Waals surface area contributed by atoms with Crippen molar-refractivity contribution in [2.75, 3.05) is 18.1 Å². The summed E-state index contributed by atoms with van der Waals surface area (Å²) in [6.45, 7) is 1.66. The van der Waals surface area contributed by atoms with Gasteiger partial charge in [0.2, 0.25) is 5.91 Å². The van der Waals surface area contributed by atoms with Gasteiger partial charge in [-0.25, -0.2) is 4.79 Å². The minimum atomic E-state index is -1.06. The highest BCUT2D eigenvalue weighted by molar-refractivity contribution is 7.99. The maximum absolute atomic E-state index is 10.9. The fourth-order valence-corrected chi connectivity index (χ4v) is 2.72. The van der Waals surface area contributed by atoms with Crippen LogP contribution in [0.1, 0.15) is 6.92 Å². The third-order valence-electron chi connectivity index (χ3n) is 2.34. The van der Waals surface area contributed by atoms with E-state index in [0.717, 1.165) is 0 Å². The monoisotopic (exact) mass is 351 g/mol. The molecule has 0 saturated carbocycles. The van der Waals surface area contributed by atoms with Gasteiger partial charge in [-0.2, -0.15) is 11.8 Å². The molecule has 0 fully saturated rings. The number of carboxylic acid groups (broad SMARTS) is 1. The molecule has 0 saturated heterocycles. The van der Waals surface area contributed by atoms with Gasteiger partial charge < -0.3 is 15.2 Å². The van der Waals surface area contributed by atoms with Crippen LogP contribution in [0.4, 0.5) is 0 Å². The lowest BCUT2D eigenvalue weighted by molar-refractivity contribution is -0.140. The molecule has 0 aliphatic rings. The number of benzene rings is 1. The van der Waals surface area contributed by atoms with Crippen LogP contribution in [-0.4, -0.2) is 41.1 Å². The molecular weight excluding hydrogens is 337 g/mol. The van der Waals surface area contributed by atoms with E-state index in [0.29, 0.717) is 28.2 Å². The van der Waals surface area contributed by atoms with Crippen LogP contribution in [-0.2, 0) is 9.59 Å². The first-order valence-corrected chi connectivity index (χ1v) is 7.96. The molecule has 1 aromatic rings. The highest BCUT2D eigenvalue weighted by Gasteiger charge is 2.17. The lowest BCUT2D eigenvalue weighted by Gasteiger charge is -2.13. The Kier molecular flexibility index (Phi) is 7.71. The Hall–Kier alpha value is -1.11. The van der Waals surface area contributed by atoms with Gasteiger partial charge in [0.25, 0.3) is 0 Å². The Balaban J connectivity index is 2.30. The first kappa shape index (κ1) is 17.9. The number of hydrogen-bond acceptors (Lipinski definition) is 4. The molecule has 116 valence electrons. The van der Waals surface area contributed by atoms with Gasteiger partial charge >= 0.3 is 5.97 Å². The molecule has 0 bridgehead atoms. The molecule has 0 spiro atoms. The van der Waals surface area contributed by atoms with E-state index in [9.17, 15) is 9.59 Å². The van der Waals surface area contributed by atoms with Crippen LogP contribution in [0.2, 0.25) is 10.0 Å². The van der Waals surface area contributed by atoms with Gasteiger partial charge in [-0.05, 0) is 18.2 Å². The fraction of sp³-hybridized carbons (Fsp3) is 0.385. The van der Waals surface area contributed by atoms with E-state index in [1.807, 2.05) is 0 Å². The van der Waals surface area contributed by atoms with Crippen molar-refractivity contribution in [1.82, 2.24) is 5.32 Å². The molecule has 8 heteroatoms. The smallest absolute Gasteiger partial charge is 0.327 e. The third kappa shape index (κ3) is 6.93. The first-order valence-electron chi connectivity index (χ1n) is 6.05. The molecule has 0 radical (unpaired) electrons. The van der Waals surface area contributed by atoms with E-state index in [4.69, 9.17) is 33.0 Å². The average molecular weight is 352 g/mol. The van der Waals surface area contributed by atoms with Gasteiger partial charge in [-0.15, -0.1) is 0 Å². The number of hydrogen-bond donors (Lipinski definition) is 2. The number of nitrogens with one attached hydrogen (secondary N) is 1. The molecule has 1 amide bonds. The van der Waals surface area contributed by atoms with Crippen LogP contribution >= 0.6 is 35.0 Å². The summed E-state index contributed by atoms with van der Waals surface area (Å²) in [5.41, 5.74) is 0. The van der Waals surface area contributed by atoms with Crippen LogP contribution in [0.3, 0.4) is 0 Å². The summed E-state index contributed by atoms with van der Waals surface area (Å²) in [7, 11) is 0. The Labute approximate surface area is 136 Å². The number of rotatable bonds is 8. The Morgan fingerprint density at radius 2 is 2.14 bits per heavy atom. The van der Waals surface area contributed by atoms with E-state index in [-0.39, 0.29) is 11.7 Å². The van der Waals surface area contributed by atoms with E-state index in [1.165, 1.54) is 18.7 Å². The maximum Gasteiger partial charge on any atom is 0.327 e. The van der Waals surface area contributed by atoms with Crippen molar-refractivity contribution in [3.05, 3.63) is 28.2 Å². The largest absolute Gasteiger partial charge is 0.491 e. The second-order valence-electron chi connectivity index (χ2n) is 4.09. The van der Waals surface area contributed by atoms with Gasteiger partial charge in [-0.1, -0.05) is 23.2 Å². The summed E-state index contributed by atoms with van der Waals surface area (Å²) < 4.78 is 5.47. The number of carbonyl (C=O) groups is 2. The van der Waals surface area contributed by atoms with Crippen LogP contribution in [0.5, 0.6) is 5.75 Å². The van der Waals surface area contributed by atoms with Crippen molar-refractivity contribution in [3.8, 4) is 5.75 Å². The molecule has 1 rings (SSSR count). The molecule has 0 aromatic heterocycles. The number of carboxylic acids is 1. The van der Waals surface area contributed by atoms with E-state index < -0.39 is 12.0 Å². The molecule has 0 aliphatic carbocycles. The predicted molar refractivity (Wildman–Crippen MR) is 84.5 cm³/mol. The number of amides is 1. The summed E-state index contributed by atoms with van der Waals surface area (Å²) in [4.78, 5) is 21.8. The summed E-state index contributed by atoms with van der Waals surface area (Å²) >= 11 is 13.1. The quantitative estimate of drug-likeness (QED) is 0.704.